The Labute approximate surface area is 96.8 Å². The molecule has 2 aromatic rings. The van der Waals surface area contributed by atoms with Crippen molar-refractivity contribution in [2.24, 2.45) is 0 Å². The summed E-state index contributed by atoms with van der Waals surface area (Å²) >= 11 is 0. The number of rotatable bonds is 2. The molecular weight excluding hydrogens is 223 g/mol. The Hall–Kier alpha value is -2.37. The standard InChI is InChI=1S/C11H11FN4O/c1-6-2-7(13)3-9(10(6)12)11(17)16-8-4-14-15-5-8/h2-5H,13H2,1H3,(H,14,15)(H,16,17). The number of carbonyl (C=O) groups is 1. The Morgan fingerprint density at radius 2 is 2.29 bits per heavy atom. The van der Waals surface area contributed by atoms with Gasteiger partial charge in [0.1, 0.15) is 5.82 Å². The van der Waals surface area contributed by atoms with Gasteiger partial charge in [-0.1, -0.05) is 0 Å². The van der Waals surface area contributed by atoms with Crippen molar-refractivity contribution in [3.05, 3.63) is 41.5 Å². The van der Waals surface area contributed by atoms with Gasteiger partial charge in [-0.15, -0.1) is 0 Å². The van der Waals surface area contributed by atoms with E-state index in [0.29, 0.717) is 16.9 Å². The minimum Gasteiger partial charge on any atom is -0.399 e. The van der Waals surface area contributed by atoms with Gasteiger partial charge in [-0.3, -0.25) is 9.89 Å². The van der Waals surface area contributed by atoms with Gasteiger partial charge in [0.15, 0.2) is 0 Å². The number of benzene rings is 1. The predicted octanol–water partition coefficient (Wildman–Crippen LogP) is 1.69. The number of hydrogen-bond donors (Lipinski definition) is 3. The van der Waals surface area contributed by atoms with Crippen molar-refractivity contribution in [2.75, 3.05) is 11.1 Å². The third kappa shape index (κ3) is 2.25. The molecule has 0 bridgehead atoms. The van der Waals surface area contributed by atoms with E-state index in [1.54, 1.807) is 6.92 Å². The highest BCUT2D eigenvalue weighted by atomic mass is 19.1. The van der Waals surface area contributed by atoms with E-state index < -0.39 is 11.7 Å². The summed E-state index contributed by atoms with van der Waals surface area (Å²) in [6, 6.07) is 2.78. The number of nitrogen functional groups attached to an aromatic ring is 1. The van der Waals surface area contributed by atoms with E-state index in [4.69, 9.17) is 5.73 Å². The molecule has 6 heteroatoms. The molecule has 2 rings (SSSR count). The van der Waals surface area contributed by atoms with Gasteiger partial charge in [0.05, 0.1) is 17.4 Å². The van der Waals surface area contributed by atoms with Crippen molar-refractivity contribution >= 4 is 17.3 Å². The van der Waals surface area contributed by atoms with Crippen LogP contribution in [0.5, 0.6) is 0 Å². The molecule has 0 atom stereocenters. The Morgan fingerprint density at radius 1 is 1.53 bits per heavy atom. The van der Waals surface area contributed by atoms with Crippen molar-refractivity contribution in [1.29, 1.82) is 0 Å². The fourth-order valence-corrected chi connectivity index (χ4v) is 1.48. The maximum Gasteiger partial charge on any atom is 0.258 e. The molecule has 0 aliphatic heterocycles. The highest BCUT2D eigenvalue weighted by Crippen LogP contribution is 2.18. The fraction of sp³-hybridized carbons (Fsp3) is 0.0909. The van der Waals surface area contributed by atoms with Crippen molar-refractivity contribution in [3.63, 3.8) is 0 Å². The number of nitrogens with one attached hydrogen (secondary N) is 2. The molecule has 88 valence electrons. The van der Waals surface area contributed by atoms with Crippen LogP contribution in [-0.2, 0) is 0 Å². The second-order valence-electron chi connectivity index (χ2n) is 3.64. The van der Waals surface area contributed by atoms with E-state index in [1.807, 2.05) is 0 Å². The lowest BCUT2D eigenvalue weighted by atomic mass is 10.1. The van der Waals surface area contributed by atoms with Gasteiger partial charge in [-0.2, -0.15) is 5.10 Å². The smallest absolute Gasteiger partial charge is 0.258 e. The number of halogens is 1. The van der Waals surface area contributed by atoms with Gasteiger partial charge >= 0.3 is 0 Å². The molecular formula is C11H11FN4O. The van der Waals surface area contributed by atoms with E-state index in [2.05, 4.69) is 15.5 Å². The quantitative estimate of drug-likeness (QED) is 0.691. The number of carbonyl (C=O) groups excluding carboxylic acids is 1. The summed E-state index contributed by atoms with van der Waals surface area (Å²) in [4.78, 5) is 11.8. The minimum atomic E-state index is -0.569. The van der Waals surface area contributed by atoms with Crippen LogP contribution >= 0.6 is 0 Å². The zero-order valence-electron chi connectivity index (χ0n) is 9.12. The number of aromatic amines is 1. The molecule has 0 radical (unpaired) electrons. The zero-order valence-corrected chi connectivity index (χ0v) is 9.12. The molecule has 0 fully saturated rings. The molecule has 0 spiro atoms. The third-order valence-electron chi connectivity index (χ3n) is 2.28. The van der Waals surface area contributed by atoms with Crippen LogP contribution in [0.1, 0.15) is 15.9 Å². The summed E-state index contributed by atoms with van der Waals surface area (Å²) in [5.74, 6) is -1.13. The van der Waals surface area contributed by atoms with E-state index in [0.717, 1.165) is 0 Å². The number of anilines is 2. The van der Waals surface area contributed by atoms with Crippen LogP contribution in [0.2, 0.25) is 0 Å². The van der Waals surface area contributed by atoms with Crippen LogP contribution in [0.25, 0.3) is 0 Å². The van der Waals surface area contributed by atoms with E-state index in [1.165, 1.54) is 24.5 Å². The molecule has 0 aliphatic rings. The average molecular weight is 234 g/mol. The topological polar surface area (TPSA) is 83.8 Å². The number of nitrogens with zero attached hydrogens (tertiary/aromatic N) is 1. The number of aryl methyl sites for hydroxylation is 1. The van der Waals surface area contributed by atoms with Crippen molar-refractivity contribution in [1.82, 2.24) is 10.2 Å². The predicted molar refractivity (Wildman–Crippen MR) is 62.1 cm³/mol. The molecule has 0 saturated heterocycles. The van der Waals surface area contributed by atoms with Gasteiger partial charge in [-0.05, 0) is 24.6 Å². The lowest BCUT2D eigenvalue weighted by Gasteiger charge is -2.07. The Morgan fingerprint density at radius 3 is 2.94 bits per heavy atom. The summed E-state index contributed by atoms with van der Waals surface area (Å²) in [5.41, 5.74) is 6.65. The zero-order chi connectivity index (χ0) is 12.4. The summed E-state index contributed by atoms with van der Waals surface area (Å²) in [5, 5.41) is 8.71. The largest absolute Gasteiger partial charge is 0.399 e. The maximum absolute atomic E-state index is 13.7. The normalized spacial score (nSPS) is 10.2. The molecule has 1 aromatic carbocycles. The van der Waals surface area contributed by atoms with E-state index >= 15 is 0 Å². The number of hydrogen-bond acceptors (Lipinski definition) is 3. The molecule has 0 saturated carbocycles. The highest BCUT2D eigenvalue weighted by molar-refractivity contribution is 6.05. The first-order chi connectivity index (χ1) is 8.08. The number of H-pyrrole nitrogens is 1. The van der Waals surface area contributed by atoms with Gasteiger partial charge in [-0.25, -0.2) is 4.39 Å². The van der Waals surface area contributed by atoms with E-state index in [9.17, 15) is 9.18 Å². The first-order valence-electron chi connectivity index (χ1n) is 4.93. The maximum atomic E-state index is 13.7. The molecule has 0 aliphatic carbocycles. The molecule has 0 unspecified atom stereocenters. The first-order valence-corrected chi connectivity index (χ1v) is 4.93. The van der Waals surface area contributed by atoms with Crippen LogP contribution in [0.4, 0.5) is 15.8 Å². The molecule has 1 heterocycles. The second kappa shape index (κ2) is 4.25. The Bertz CT molecular complexity index is 551. The number of aromatic nitrogens is 2. The van der Waals surface area contributed by atoms with Crippen LogP contribution in [-0.4, -0.2) is 16.1 Å². The van der Waals surface area contributed by atoms with E-state index in [-0.39, 0.29) is 5.56 Å². The average Bonchev–Trinajstić information content (AvgIpc) is 2.76. The fourth-order valence-electron chi connectivity index (χ4n) is 1.48. The SMILES string of the molecule is Cc1cc(N)cc(C(=O)Nc2cn[nH]c2)c1F. The summed E-state index contributed by atoms with van der Waals surface area (Å²) in [6.07, 6.45) is 2.92. The van der Waals surface area contributed by atoms with Gasteiger partial charge in [0, 0.05) is 11.9 Å². The third-order valence-corrected chi connectivity index (χ3v) is 2.28. The molecule has 5 nitrogen and oxygen atoms in total. The monoisotopic (exact) mass is 234 g/mol. The lowest BCUT2D eigenvalue weighted by molar-refractivity contribution is 0.102. The summed E-state index contributed by atoms with van der Waals surface area (Å²) in [6.45, 7) is 1.56. The lowest BCUT2D eigenvalue weighted by Crippen LogP contribution is -2.14. The van der Waals surface area contributed by atoms with Gasteiger partial charge < -0.3 is 11.1 Å². The van der Waals surface area contributed by atoms with Crippen molar-refractivity contribution < 1.29 is 9.18 Å². The molecule has 1 aromatic heterocycles. The van der Waals surface area contributed by atoms with Gasteiger partial charge in [0.25, 0.3) is 5.91 Å². The van der Waals surface area contributed by atoms with Gasteiger partial charge in [0.2, 0.25) is 0 Å². The number of nitrogens with two attached hydrogens (primary N) is 1. The molecule has 1 amide bonds. The van der Waals surface area contributed by atoms with Crippen LogP contribution in [0.3, 0.4) is 0 Å². The molecule has 4 N–H and O–H groups in total. The minimum absolute atomic E-state index is 0.0799. The Kier molecular flexibility index (Phi) is 2.78. The highest BCUT2D eigenvalue weighted by Gasteiger charge is 2.15. The van der Waals surface area contributed by atoms with Crippen LogP contribution in [0, 0.1) is 12.7 Å². The number of amides is 1. The second-order valence-corrected chi connectivity index (χ2v) is 3.64. The van der Waals surface area contributed by atoms with Crippen molar-refractivity contribution in [3.8, 4) is 0 Å². The van der Waals surface area contributed by atoms with Crippen molar-refractivity contribution in [2.45, 2.75) is 6.92 Å². The van der Waals surface area contributed by atoms with Crippen LogP contribution in [0.15, 0.2) is 24.5 Å². The summed E-state index contributed by atoms with van der Waals surface area (Å²) < 4.78 is 13.7. The molecule has 17 heavy (non-hydrogen) atoms. The van der Waals surface area contributed by atoms with Crippen LogP contribution < -0.4 is 11.1 Å². The first kappa shape index (κ1) is 11.1. The summed E-state index contributed by atoms with van der Waals surface area (Å²) in [7, 11) is 0. The Balaban J connectivity index is 2.31.